The molecule has 0 atom stereocenters. The number of aryl methyl sites for hydroxylation is 1. The number of fused-ring (bicyclic) bond motifs is 2. The number of rotatable bonds is 2. The van der Waals surface area contributed by atoms with Crippen molar-refractivity contribution in [3.63, 3.8) is 0 Å². The van der Waals surface area contributed by atoms with Crippen molar-refractivity contribution in [1.29, 1.82) is 0 Å². The molecule has 3 aromatic carbocycles. The van der Waals surface area contributed by atoms with Gasteiger partial charge in [-0.15, -0.1) is 0 Å². The molecular formula is C21H14INO4S. The van der Waals surface area contributed by atoms with E-state index in [0.717, 1.165) is 9.13 Å². The Morgan fingerprint density at radius 3 is 2.39 bits per heavy atom. The molecule has 0 unspecified atom stereocenters. The Hall–Kier alpha value is -2.52. The second-order valence-electron chi connectivity index (χ2n) is 6.46. The number of carbonyl (C=O) groups is 2. The third-order valence-electron chi connectivity index (χ3n) is 4.63. The highest BCUT2D eigenvalue weighted by Gasteiger charge is 2.35. The first-order valence-corrected chi connectivity index (χ1v) is 11.0. The molecule has 0 saturated carbocycles. The summed E-state index contributed by atoms with van der Waals surface area (Å²) in [5.74, 6) is -0.801. The molecule has 3 aromatic rings. The lowest BCUT2D eigenvalue weighted by Gasteiger charge is -2.19. The van der Waals surface area contributed by atoms with Crippen molar-refractivity contribution in [1.82, 2.24) is 0 Å². The van der Waals surface area contributed by atoms with E-state index in [0.29, 0.717) is 5.69 Å². The van der Waals surface area contributed by atoms with Gasteiger partial charge >= 0.3 is 0 Å². The predicted molar refractivity (Wildman–Crippen MR) is 114 cm³/mol. The van der Waals surface area contributed by atoms with Crippen LogP contribution in [0.2, 0.25) is 0 Å². The van der Waals surface area contributed by atoms with Gasteiger partial charge in [-0.05, 0) is 77.5 Å². The van der Waals surface area contributed by atoms with Gasteiger partial charge in [0.05, 0.1) is 9.79 Å². The van der Waals surface area contributed by atoms with Crippen LogP contribution in [0.15, 0.2) is 70.5 Å². The molecule has 7 heteroatoms. The summed E-state index contributed by atoms with van der Waals surface area (Å²) in [6.07, 6.45) is 0. The molecule has 28 heavy (non-hydrogen) atoms. The lowest BCUT2D eigenvalue weighted by molar-refractivity contribution is 0.101. The maximum atomic E-state index is 13.0. The van der Waals surface area contributed by atoms with Crippen molar-refractivity contribution in [3.8, 4) is 0 Å². The van der Waals surface area contributed by atoms with E-state index in [1.54, 1.807) is 18.2 Å². The van der Waals surface area contributed by atoms with Gasteiger partial charge in [-0.25, -0.2) is 8.42 Å². The monoisotopic (exact) mass is 503 g/mol. The van der Waals surface area contributed by atoms with E-state index in [1.165, 1.54) is 30.3 Å². The summed E-state index contributed by atoms with van der Waals surface area (Å²) in [7, 11) is -3.88. The number of sulfone groups is 1. The van der Waals surface area contributed by atoms with Crippen LogP contribution < -0.4 is 5.32 Å². The first kappa shape index (κ1) is 18.8. The zero-order valence-corrected chi connectivity index (χ0v) is 17.7. The predicted octanol–water partition coefficient (Wildman–Crippen LogP) is 4.23. The number of halogens is 1. The fraction of sp³-hybridized carbons (Fsp3) is 0.0476. The molecule has 1 N–H and O–H groups in total. The molecule has 0 aliphatic carbocycles. The van der Waals surface area contributed by atoms with Crippen molar-refractivity contribution in [3.05, 3.63) is 86.5 Å². The van der Waals surface area contributed by atoms with Crippen LogP contribution in [0.25, 0.3) is 0 Å². The zero-order chi connectivity index (χ0) is 20.1. The van der Waals surface area contributed by atoms with Crippen molar-refractivity contribution >= 4 is 49.8 Å². The van der Waals surface area contributed by atoms with E-state index < -0.39 is 15.7 Å². The molecule has 1 heterocycles. The summed E-state index contributed by atoms with van der Waals surface area (Å²) in [6.45, 7) is 1.97. The second kappa shape index (κ2) is 6.82. The van der Waals surface area contributed by atoms with Crippen LogP contribution in [0.5, 0.6) is 0 Å². The van der Waals surface area contributed by atoms with Gasteiger partial charge in [0, 0.05) is 25.9 Å². The van der Waals surface area contributed by atoms with Gasteiger partial charge in [0.1, 0.15) is 0 Å². The van der Waals surface area contributed by atoms with Crippen LogP contribution >= 0.6 is 22.6 Å². The second-order valence-corrected chi connectivity index (χ2v) is 9.51. The highest BCUT2D eigenvalue weighted by atomic mass is 127. The Balaban J connectivity index is 1.74. The number of anilines is 1. The Kier molecular flexibility index (Phi) is 4.59. The SMILES string of the molecule is Cc1ccc(NC(=O)c2ccc3c(c2)S(=O)(=O)c2ccccc2C3=O)cc1I. The standard InChI is InChI=1S/C21H14INO4S/c1-12-6-8-14(11-17(12)22)23-21(25)13-7-9-16-19(10-13)28(26,27)18-5-3-2-4-15(18)20(16)24/h2-11H,1H3,(H,23,25). The maximum absolute atomic E-state index is 13.0. The Morgan fingerprint density at radius 1 is 0.929 bits per heavy atom. The number of nitrogens with one attached hydrogen (secondary N) is 1. The third kappa shape index (κ3) is 3.04. The highest BCUT2D eigenvalue weighted by molar-refractivity contribution is 14.1. The fourth-order valence-corrected chi connectivity index (χ4v) is 5.29. The van der Waals surface area contributed by atoms with Crippen LogP contribution in [0, 0.1) is 10.5 Å². The minimum atomic E-state index is -3.88. The molecule has 0 saturated heterocycles. The number of hydrogen-bond acceptors (Lipinski definition) is 4. The molecule has 4 rings (SSSR count). The van der Waals surface area contributed by atoms with Gasteiger partial charge < -0.3 is 5.32 Å². The molecular weight excluding hydrogens is 489 g/mol. The lowest BCUT2D eigenvalue weighted by atomic mass is 10.0. The quantitative estimate of drug-likeness (QED) is 0.416. The number of ketones is 1. The number of benzene rings is 3. The van der Waals surface area contributed by atoms with E-state index in [1.807, 2.05) is 19.1 Å². The highest BCUT2D eigenvalue weighted by Crippen LogP contribution is 2.34. The first-order chi connectivity index (χ1) is 13.3. The van der Waals surface area contributed by atoms with Crippen LogP contribution in [0.1, 0.15) is 31.8 Å². The van der Waals surface area contributed by atoms with Gasteiger partial charge in [0.15, 0.2) is 5.78 Å². The third-order valence-corrected chi connectivity index (χ3v) is 7.64. The van der Waals surface area contributed by atoms with Gasteiger partial charge in [-0.3, -0.25) is 9.59 Å². The molecule has 0 bridgehead atoms. The van der Waals surface area contributed by atoms with Crippen LogP contribution in [-0.4, -0.2) is 20.1 Å². The summed E-state index contributed by atoms with van der Waals surface area (Å²) >= 11 is 2.18. The Bertz CT molecular complexity index is 1270. The van der Waals surface area contributed by atoms with Gasteiger partial charge in [-0.2, -0.15) is 0 Å². The molecule has 5 nitrogen and oxygen atoms in total. The minimum absolute atomic E-state index is 0.0295. The van der Waals surface area contributed by atoms with E-state index in [2.05, 4.69) is 27.9 Å². The van der Waals surface area contributed by atoms with Crippen molar-refractivity contribution in [2.24, 2.45) is 0 Å². The Morgan fingerprint density at radius 2 is 1.64 bits per heavy atom. The Labute approximate surface area is 175 Å². The van der Waals surface area contributed by atoms with E-state index >= 15 is 0 Å². The molecule has 1 aliphatic rings. The smallest absolute Gasteiger partial charge is 0.255 e. The van der Waals surface area contributed by atoms with E-state index in [-0.39, 0.29) is 32.3 Å². The fourth-order valence-electron chi connectivity index (χ4n) is 3.10. The minimum Gasteiger partial charge on any atom is -0.322 e. The largest absolute Gasteiger partial charge is 0.322 e. The lowest BCUT2D eigenvalue weighted by Crippen LogP contribution is -2.21. The zero-order valence-electron chi connectivity index (χ0n) is 14.7. The average molecular weight is 503 g/mol. The van der Waals surface area contributed by atoms with Crippen molar-refractivity contribution in [2.75, 3.05) is 5.32 Å². The summed E-state index contributed by atoms with van der Waals surface area (Å²) in [4.78, 5) is 25.1. The van der Waals surface area contributed by atoms with Crippen molar-refractivity contribution < 1.29 is 18.0 Å². The molecule has 0 spiro atoms. The van der Waals surface area contributed by atoms with Crippen molar-refractivity contribution in [2.45, 2.75) is 16.7 Å². The summed E-state index contributed by atoms with van der Waals surface area (Å²) < 4.78 is 26.9. The molecule has 1 amide bonds. The summed E-state index contributed by atoms with van der Waals surface area (Å²) in [6, 6.07) is 15.8. The molecule has 1 aliphatic heterocycles. The molecule has 0 radical (unpaired) electrons. The first-order valence-electron chi connectivity index (χ1n) is 8.39. The topological polar surface area (TPSA) is 80.3 Å². The number of carbonyl (C=O) groups excluding carboxylic acids is 2. The van der Waals surface area contributed by atoms with Gasteiger partial charge in [0.2, 0.25) is 9.84 Å². The van der Waals surface area contributed by atoms with Gasteiger partial charge in [0.25, 0.3) is 5.91 Å². The molecule has 0 aromatic heterocycles. The molecule has 0 fully saturated rings. The molecule has 140 valence electrons. The van der Waals surface area contributed by atoms with Crippen LogP contribution in [-0.2, 0) is 9.84 Å². The van der Waals surface area contributed by atoms with Crippen LogP contribution in [0.3, 0.4) is 0 Å². The van der Waals surface area contributed by atoms with E-state index in [4.69, 9.17) is 0 Å². The summed E-state index contributed by atoms with van der Waals surface area (Å²) in [5.41, 5.74) is 2.12. The maximum Gasteiger partial charge on any atom is 0.255 e. The summed E-state index contributed by atoms with van der Waals surface area (Å²) in [5, 5.41) is 2.77. The van der Waals surface area contributed by atoms with Crippen LogP contribution in [0.4, 0.5) is 5.69 Å². The number of amides is 1. The van der Waals surface area contributed by atoms with Gasteiger partial charge in [-0.1, -0.05) is 18.2 Å². The average Bonchev–Trinajstić information content (AvgIpc) is 2.69. The normalized spacial score (nSPS) is 14.1. The van der Waals surface area contributed by atoms with E-state index in [9.17, 15) is 18.0 Å². The number of hydrogen-bond donors (Lipinski definition) is 1.